The minimum atomic E-state index is -1.06. The molecule has 246 valence electrons. The summed E-state index contributed by atoms with van der Waals surface area (Å²) >= 11 is 4.89. The van der Waals surface area contributed by atoms with Crippen LogP contribution < -0.4 is 29.3 Å². The van der Waals surface area contributed by atoms with Gasteiger partial charge in [-0.15, -0.1) is 11.3 Å². The molecule has 0 bridgehead atoms. The maximum atomic E-state index is 13.8. The highest BCUT2D eigenvalue weighted by Gasteiger charge is 2.28. The number of carbonyl (C=O) groups is 1. The molecule has 6 nitrogen and oxygen atoms in total. The zero-order valence-electron chi connectivity index (χ0n) is 27.3. The molecule has 2 aromatic heterocycles. The molecule has 9 heteroatoms. The normalized spacial score (nSPS) is 14.3. The van der Waals surface area contributed by atoms with Crippen molar-refractivity contribution in [1.82, 2.24) is 4.57 Å². The number of allylic oxidation sites excluding steroid dienone is 1. The molecule has 1 aliphatic heterocycles. The van der Waals surface area contributed by atoms with Crippen LogP contribution in [0.4, 0.5) is 5.69 Å². The van der Waals surface area contributed by atoms with Gasteiger partial charge in [0.1, 0.15) is 9.54 Å². The zero-order valence-corrected chi connectivity index (χ0v) is 29.7. The number of carbonyl (C=O) groups excluding carboxylic acids is 1. The third-order valence-electron chi connectivity index (χ3n) is 8.62. The Hall–Kier alpha value is -4.70. The predicted molar refractivity (Wildman–Crippen MR) is 202 cm³/mol. The van der Waals surface area contributed by atoms with Crippen molar-refractivity contribution < 1.29 is 14.5 Å². The fourth-order valence-corrected chi connectivity index (χ4v) is 9.95. The van der Waals surface area contributed by atoms with Gasteiger partial charge in [0.05, 0.1) is 21.3 Å². The summed E-state index contributed by atoms with van der Waals surface area (Å²) in [7, 11) is 0. The molecule has 0 atom stereocenters. The summed E-state index contributed by atoms with van der Waals surface area (Å²) in [6, 6.07) is 33.3. The highest BCUT2D eigenvalue weighted by atomic mass is 32.2. The Kier molecular flexibility index (Phi) is 9.66. The van der Waals surface area contributed by atoms with E-state index in [9.17, 15) is 14.7 Å². The van der Waals surface area contributed by atoms with Crippen molar-refractivity contribution >= 4 is 69.0 Å². The monoisotopic (exact) mass is 701 g/mol. The number of benzene rings is 4. The number of aliphatic carboxylic acids is 1. The number of thioether (sulfide) groups is 1. The van der Waals surface area contributed by atoms with Gasteiger partial charge in [-0.2, -0.15) is 4.57 Å². The van der Waals surface area contributed by atoms with Gasteiger partial charge in [0.25, 0.3) is 10.6 Å². The highest BCUT2D eigenvalue weighted by Crippen LogP contribution is 2.49. The Bertz CT molecular complexity index is 2370. The third kappa shape index (κ3) is 6.54. The fourth-order valence-electron chi connectivity index (χ4n) is 6.31. The topological polar surface area (TPSA) is 69.2 Å². The van der Waals surface area contributed by atoms with E-state index < -0.39 is 5.97 Å². The van der Waals surface area contributed by atoms with Crippen molar-refractivity contribution in [1.29, 1.82) is 0 Å². The molecule has 1 aliphatic rings. The fraction of sp³-hybridized carbons (Fsp3) is 0.175. The first-order chi connectivity index (χ1) is 24.0. The number of carboxylic acids is 1. The number of nitrogens with zero attached hydrogens (tertiary/aromatic N) is 3. The summed E-state index contributed by atoms with van der Waals surface area (Å²) in [6.45, 7) is 6.00. The summed E-state index contributed by atoms with van der Waals surface area (Å²) in [6.07, 6.45) is 6.53. The van der Waals surface area contributed by atoms with E-state index in [0.717, 1.165) is 42.9 Å². The van der Waals surface area contributed by atoms with E-state index in [-0.39, 0.29) is 12.0 Å². The molecule has 0 saturated heterocycles. The van der Waals surface area contributed by atoms with Crippen LogP contribution in [-0.2, 0) is 17.9 Å². The van der Waals surface area contributed by atoms with Crippen LogP contribution in [0.2, 0.25) is 0 Å². The van der Waals surface area contributed by atoms with Gasteiger partial charge in [0.15, 0.2) is 6.54 Å². The summed E-state index contributed by atoms with van der Waals surface area (Å²) in [5.74, 6) is -1.06. The predicted octanol–water partition coefficient (Wildman–Crippen LogP) is 6.38. The first kappa shape index (κ1) is 32.8. The maximum Gasteiger partial charge on any atom is 0.269 e. The second-order valence-electron chi connectivity index (χ2n) is 11.6. The number of thiazole rings is 2. The number of rotatable bonds is 10. The molecule has 0 fully saturated rings. The Morgan fingerprint density at radius 2 is 1.55 bits per heavy atom. The van der Waals surface area contributed by atoms with Crippen LogP contribution in [0.5, 0.6) is 0 Å². The molecule has 0 unspecified atom stereocenters. The molecule has 0 amide bonds. The molecule has 0 saturated carbocycles. The lowest BCUT2D eigenvalue weighted by Crippen LogP contribution is -2.38. The molecule has 3 heterocycles. The SMILES string of the molecule is CCN1C(=C/C=c2/sc(=Cc3sc(-c4ccccc4)c(-c4ccccc4)[n+]3CCCC(=O)[O-])n(CC)c2=O)Sc2c1ccc1ccccc21. The minimum Gasteiger partial charge on any atom is -0.550 e. The molecule has 0 aliphatic carbocycles. The Morgan fingerprint density at radius 3 is 2.27 bits per heavy atom. The number of fused-ring (bicyclic) bond motifs is 3. The Morgan fingerprint density at radius 1 is 0.837 bits per heavy atom. The number of hydrogen-bond acceptors (Lipinski definition) is 7. The van der Waals surface area contributed by atoms with E-state index in [2.05, 4.69) is 89.2 Å². The van der Waals surface area contributed by atoms with Crippen LogP contribution >= 0.6 is 34.4 Å². The van der Waals surface area contributed by atoms with Crippen LogP contribution in [0.1, 0.15) is 31.7 Å². The second kappa shape index (κ2) is 14.4. The van der Waals surface area contributed by atoms with Crippen LogP contribution in [0.3, 0.4) is 0 Å². The largest absolute Gasteiger partial charge is 0.550 e. The number of aromatic nitrogens is 2. The molecule has 49 heavy (non-hydrogen) atoms. The van der Waals surface area contributed by atoms with Crippen LogP contribution in [-0.4, -0.2) is 17.1 Å². The molecular weight excluding hydrogens is 667 g/mol. The second-order valence-corrected chi connectivity index (χ2v) is 14.8. The van der Waals surface area contributed by atoms with Crippen molar-refractivity contribution in [2.24, 2.45) is 0 Å². The summed E-state index contributed by atoms with van der Waals surface area (Å²) < 4.78 is 5.56. The van der Waals surface area contributed by atoms with E-state index in [1.165, 1.54) is 32.7 Å². The van der Waals surface area contributed by atoms with Gasteiger partial charge in [0.2, 0.25) is 5.69 Å². The lowest BCUT2D eigenvalue weighted by Gasteiger charge is -2.17. The lowest BCUT2D eigenvalue weighted by atomic mass is 10.1. The summed E-state index contributed by atoms with van der Waals surface area (Å²) in [4.78, 5) is 29.9. The van der Waals surface area contributed by atoms with Gasteiger partial charge >= 0.3 is 0 Å². The average Bonchev–Trinajstić information content (AvgIpc) is 3.78. The van der Waals surface area contributed by atoms with Crippen LogP contribution in [0, 0.1) is 0 Å². The first-order valence-corrected chi connectivity index (χ1v) is 18.9. The summed E-state index contributed by atoms with van der Waals surface area (Å²) in [5.41, 5.74) is 4.35. The number of carboxylic acid groups (broad SMARTS) is 1. The zero-order chi connectivity index (χ0) is 33.9. The lowest BCUT2D eigenvalue weighted by molar-refractivity contribution is -0.683. The van der Waals surface area contributed by atoms with E-state index in [1.54, 1.807) is 23.1 Å². The number of hydrogen-bond donors (Lipinski definition) is 0. The van der Waals surface area contributed by atoms with Crippen molar-refractivity contribution in [2.45, 2.75) is 44.7 Å². The minimum absolute atomic E-state index is 0.0174. The third-order valence-corrected chi connectivity index (χ3v) is 12.1. The Balaban J connectivity index is 1.36. The smallest absolute Gasteiger partial charge is 0.269 e. The van der Waals surface area contributed by atoms with Crippen LogP contribution in [0.15, 0.2) is 118 Å². The molecule has 0 radical (unpaired) electrons. The standard InChI is InChI=1S/C40H35N3O3S3/c1-3-41-31-22-21-27-14-11-12-19-30(27)39(31)48-33(41)24-23-32-40(46)42(4-2)34(47-32)26-35-43(25-13-20-36(44)45)37(28-15-7-5-8-16-28)38(49-35)29-17-9-6-10-18-29/h5-12,14-19,21-24,26H,3-4,13,20,25H2,1-2H3/b32-23+,33-24?. The van der Waals surface area contributed by atoms with Gasteiger partial charge < -0.3 is 14.8 Å². The van der Waals surface area contributed by atoms with Gasteiger partial charge in [-0.1, -0.05) is 102 Å². The van der Waals surface area contributed by atoms with Gasteiger partial charge in [-0.3, -0.25) is 9.36 Å². The van der Waals surface area contributed by atoms with E-state index in [4.69, 9.17) is 0 Å². The van der Waals surface area contributed by atoms with Gasteiger partial charge in [0, 0.05) is 35.9 Å². The Labute approximate surface area is 297 Å². The molecule has 4 aromatic carbocycles. The molecule has 7 rings (SSSR count). The van der Waals surface area contributed by atoms with Crippen molar-refractivity contribution in [3.63, 3.8) is 0 Å². The first-order valence-electron chi connectivity index (χ1n) is 16.4. The number of anilines is 1. The maximum absolute atomic E-state index is 13.8. The van der Waals surface area contributed by atoms with Crippen molar-refractivity contribution in [3.05, 3.63) is 133 Å². The molecule has 0 spiro atoms. The molecule has 6 aromatic rings. The van der Waals surface area contributed by atoms with Gasteiger partial charge in [-0.25, -0.2) is 0 Å². The van der Waals surface area contributed by atoms with Crippen LogP contribution in [0.25, 0.3) is 44.6 Å². The quantitative estimate of drug-likeness (QED) is 0.155. The highest BCUT2D eigenvalue weighted by molar-refractivity contribution is 8.04. The molecular formula is C40H35N3O3S3. The average molecular weight is 702 g/mol. The van der Waals surface area contributed by atoms with E-state index >= 15 is 0 Å². The summed E-state index contributed by atoms with van der Waals surface area (Å²) in [5, 5.41) is 15.9. The van der Waals surface area contributed by atoms with E-state index in [0.29, 0.717) is 24.0 Å². The van der Waals surface area contributed by atoms with Gasteiger partial charge in [-0.05, 0) is 67.0 Å². The van der Waals surface area contributed by atoms with Crippen molar-refractivity contribution in [2.75, 3.05) is 11.4 Å². The van der Waals surface area contributed by atoms with Crippen molar-refractivity contribution in [3.8, 4) is 21.7 Å². The van der Waals surface area contributed by atoms with E-state index in [1.807, 2.05) is 54.0 Å². The molecule has 0 N–H and O–H groups in total.